The van der Waals surface area contributed by atoms with Gasteiger partial charge < -0.3 is 14.4 Å². The number of rotatable bonds is 4. The molecule has 3 aromatic rings. The maximum Gasteiger partial charge on any atom is 0.231 e. The van der Waals surface area contributed by atoms with E-state index in [4.69, 9.17) is 9.26 Å². The number of aromatic hydroxyl groups is 1. The Morgan fingerprint density at radius 1 is 1.14 bits per heavy atom. The van der Waals surface area contributed by atoms with Gasteiger partial charge in [0.2, 0.25) is 11.7 Å². The van der Waals surface area contributed by atoms with Crippen molar-refractivity contribution >= 4 is 0 Å². The summed E-state index contributed by atoms with van der Waals surface area (Å²) >= 11 is 0. The molecule has 0 spiro atoms. The predicted octanol–water partition coefficient (Wildman–Crippen LogP) is 3.04. The topological polar surface area (TPSA) is 68.4 Å². The molecule has 5 nitrogen and oxygen atoms in total. The summed E-state index contributed by atoms with van der Waals surface area (Å²) in [5.41, 5.74) is 1.75. The quantitative estimate of drug-likeness (QED) is 0.796. The molecular weight excluding hydrogens is 268 g/mol. The lowest BCUT2D eigenvalue weighted by atomic mass is 10.1. The molecule has 5 heteroatoms. The van der Waals surface area contributed by atoms with E-state index in [2.05, 4.69) is 10.1 Å². The fraction of sp³-hybridized carbons (Fsp3) is 0.125. The maximum absolute atomic E-state index is 9.45. The number of methoxy groups -OCH3 is 1. The summed E-state index contributed by atoms with van der Waals surface area (Å²) in [5, 5.41) is 13.4. The highest BCUT2D eigenvalue weighted by molar-refractivity contribution is 5.56. The summed E-state index contributed by atoms with van der Waals surface area (Å²) in [6.07, 6.45) is 0.478. The van der Waals surface area contributed by atoms with Crippen LogP contribution in [0.5, 0.6) is 11.5 Å². The van der Waals surface area contributed by atoms with E-state index < -0.39 is 0 Å². The van der Waals surface area contributed by atoms with Gasteiger partial charge in [0.1, 0.15) is 11.5 Å². The first-order valence-corrected chi connectivity index (χ1v) is 6.49. The first-order valence-electron chi connectivity index (χ1n) is 6.49. The molecule has 0 saturated carbocycles. The number of phenolic OH excluding ortho intramolecular Hbond substituents is 1. The van der Waals surface area contributed by atoms with Crippen molar-refractivity contribution in [2.75, 3.05) is 7.11 Å². The van der Waals surface area contributed by atoms with Gasteiger partial charge in [-0.3, -0.25) is 0 Å². The second kappa shape index (κ2) is 5.66. The van der Waals surface area contributed by atoms with E-state index in [1.54, 1.807) is 25.3 Å². The number of hydrogen-bond acceptors (Lipinski definition) is 5. The monoisotopic (exact) mass is 282 g/mol. The van der Waals surface area contributed by atoms with Crippen molar-refractivity contribution in [2.24, 2.45) is 0 Å². The fourth-order valence-electron chi connectivity index (χ4n) is 2.05. The summed E-state index contributed by atoms with van der Waals surface area (Å²) in [6, 6.07) is 14.5. The van der Waals surface area contributed by atoms with Crippen LogP contribution in [0.15, 0.2) is 53.1 Å². The van der Waals surface area contributed by atoms with Gasteiger partial charge in [-0.25, -0.2) is 0 Å². The van der Waals surface area contributed by atoms with Crippen LogP contribution in [0.1, 0.15) is 11.5 Å². The minimum absolute atomic E-state index is 0.222. The van der Waals surface area contributed by atoms with E-state index in [0.29, 0.717) is 18.1 Å². The Labute approximate surface area is 121 Å². The highest BCUT2D eigenvalue weighted by atomic mass is 16.5. The SMILES string of the molecule is COc1cccc(-c2noc(Cc3cccc(O)c3)n2)c1. The van der Waals surface area contributed by atoms with Gasteiger partial charge >= 0.3 is 0 Å². The minimum atomic E-state index is 0.222. The average Bonchev–Trinajstić information content (AvgIpc) is 2.96. The molecule has 21 heavy (non-hydrogen) atoms. The lowest BCUT2D eigenvalue weighted by molar-refractivity contribution is 0.385. The predicted molar refractivity (Wildman–Crippen MR) is 77.2 cm³/mol. The molecule has 0 bridgehead atoms. The van der Waals surface area contributed by atoms with E-state index in [1.165, 1.54) is 0 Å². The third kappa shape index (κ3) is 3.02. The van der Waals surface area contributed by atoms with Crippen LogP contribution in [0.3, 0.4) is 0 Å². The molecule has 0 radical (unpaired) electrons. The Kier molecular flexibility index (Phi) is 3.55. The van der Waals surface area contributed by atoms with Gasteiger partial charge in [0.25, 0.3) is 0 Å². The number of ether oxygens (including phenoxy) is 1. The second-order valence-electron chi connectivity index (χ2n) is 4.59. The standard InChI is InChI=1S/C16H14N2O3/c1-20-14-7-3-5-12(10-14)16-17-15(21-18-16)9-11-4-2-6-13(19)8-11/h2-8,10,19H,9H2,1H3. The minimum Gasteiger partial charge on any atom is -0.508 e. The molecule has 1 aromatic heterocycles. The van der Waals surface area contributed by atoms with Crippen molar-refractivity contribution in [3.8, 4) is 22.9 Å². The Bertz CT molecular complexity index is 753. The van der Waals surface area contributed by atoms with Crippen molar-refractivity contribution in [1.29, 1.82) is 0 Å². The zero-order chi connectivity index (χ0) is 14.7. The van der Waals surface area contributed by atoms with Gasteiger partial charge in [-0.2, -0.15) is 4.98 Å². The zero-order valence-electron chi connectivity index (χ0n) is 11.5. The van der Waals surface area contributed by atoms with Crippen LogP contribution in [0, 0.1) is 0 Å². The van der Waals surface area contributed by atoms with Crippen LogP contribution in [0.4, 0.5) is 0 Å². The smallest absolute Gasteiger partial charge is 0.231 e. The van der Waals surface area contributed by atoms with Crippen LogP contribution in [-0.4, -0.2) is 22.4 Å². The molecule has 1 heterocycles. The molecular formula is C16H14N2O3. The average molecular weight is 282 g/mol. The first-order chi connectivity index (χ1) is 10.2. The summed E-state index contributed by atoms with van der Waals surface area (Å²) in [7, 11) is 1.61. The van der Waals surface area contributed by atoms with Gasteiger partial charge in [-0.1, -0.05) is 29.4 Å². The second-order valence-corrected chi connectivity index (χ2v) is 4.59. The molecule has 0 aliphatic heterocycles. The molecule has 0 saturated heterocycles. The molecule has 0 unspecified atom stereocenters. The highest BCUT2D eigenvalue weighted by Gasteiger charge is 2.10. The molecule has 2 aromatic carbocycles. The molecule has 1 N–H and O–H groups in total. The Morgan fingerprint density at radius 3 is 2.81 bits per heavy atom. The lowest BCUT2D eigenvalue weighted by Crippen LogP contribution is -1.89. The number of benzene rings is 2. The Balaban J connectivity index is 1.82. The highest BCUT2D eigenvalue weighted by Crippen LogP contribution is 2.22. The van der Waals surface area contributed by atoms with Crippen molar-refractivity contribution in [3.05, 3.63) is 60.0 Å². The molecule has 0 fully saturated rings. The Morgan fingerprint density at radius 2 is 2.00 bits per heavy atom. The maximum atomic E-state index is 9.45. The van der Waals surface area contributed by atoms with Crippen molar-refractivity contribution < 1.29 is 14.4 Å². The van der Waals surface area contributed by atoms with E-state index >= 15 is 0 Å². The van der Waals surface area contributed by atoms with E-state index in [-0.39, 0.29) is 5.75 Å². The van der Waals surface area contributed by atoms with Gasteiger partial charge in [0.15, 0.2) is 0 Å². The number of hydrogen-bond donors (Lipinski definition) is 1. The Hall–Kier alpha value is -2.82. The molecule has 0 atom stereocenters. The third-order valence-corrected chi connectivity index (χ3v) is 3.06. The summed E-state index contributed by atoms with van der Waals surface area (Å²) in [6.45, 7) is 0. The largest absolute Gasteiger partial charge is 0.508 e. The van der Waals surface area contributed by atoms with Crippen LogP contribution in [0.25, 0.3) is 11.4 Å². The van der Waals surface area contributed by atoms with Crippen molar-refractivity contribution in [1.82, 2.24) is 10.1 Å². The molecule has 106 valence electrons. The third-order valence-electron chi connectivity index (χ3n) is 3.06. The van der Waals surface area contributed by atoms with E-state index in [9.17, 15) is 5.11 Å². The fourth-order valence-corrected chi connectivity index (χ4v) is 2.05. The van der Waals surface area contributed by atoms with E-state index in [0.717, 1.165) is 16.9 Å². The molecule has 3 rings (SSSR count). The van der Waals surface area contributed by atoms with Gasteiger partial charge in [0, 0.05) is 5.56 Å². The normalized spacial score (nSPS) is 10.5. The van der Waals surface area contributed by atoms with Crippen LogP contribution in [-0.2, 0) is 6.42 Å². The van der Waals surface area contributed by atoms with Crippen LogP contribution >= 0.6 is 0 Å². The van der Waals surface area contributed by atoms with Crippen LogP contribution in [0.2, 0.25) is 0 Å². The van der Waals surface area contributed by atoms with Crippen LogP contribution < -0.4 is 4.74 Å². The lowest BCUT2D eigenvalue weighted by Gasteiger charge is -2.00. The number of phenols is 1. The first kappa shape index (κ1) is 13.2. The molecule has 0 aliphatic rings. The summed E-state index contributed by atoms with van der Waals surface area (Å²) in [5.74, 6) is 1.98. The van der Waals surface area contributed by atoms with Crippen molar-refractivity contribution in [2.45, 2.75) is 6.42 Å². The zero-order valence-corrected chi connectivity index (χ0v) is 11.5. The number of nitrogens with zero attached hydrogens (tertiary/aromatic N) is 2. The van der Waals surface area contributed by atoms with Gasteiger partial charge in [-0.15, -0.1) is 0 Å². The molecule has 0 amide bonds. The summed E-state index contributed by atoms with van der Waals surface area (Å²) < 4.78 is 10.4. The van der Waals surface area contributed by atoms with Gasteiger partial charge in [0.05, 0.1) is 13.5 Å². The summed E-state index contributed by atoms with van der Waals surface area (Å²) in [4.78, 5) is 4.37. The van der Waals surface area contributed by atoms with E-state index in [1.807, 2.05) is 30.3 Å². The van der Waals surface area contributed by atoms with Crippen molar-refractivity contribution in [3.63, 3.8) is 0 Å². The number of aromatic nitrogens is 2. The molecule has 0 aliphatic carbocycles. The van der Waals surface area contributed by atoms with Gasteiger partial charge in [-0.05, 0) is 29.8 Å².